The molecule has 0 fully saturated rings. The summed E-state index contributed by atoms with van der Waals surface area (Å²) >= 11 is 0. The molecule has 0 atom stereocenters. The lowest BCUT2D eigenvalue weighted by Gasteiger charge is -1.97. The second-order valence-corrected chi connectivity index (χ2v) is 3.21. The van der Waals surface area contributed by atoms with E-state index in [0.29, 0.717) is 15.8 Å². The van der Waals surface area contributed by atoms with E-state index in [-0.39, 0.29) is 11.2 Å². The number of rotatable bonds is 2. The Hall–Kier alpha value is -2.51. The summed E-state index contributed by atoms with van der Waals surface area (Å²) < 4.78 is 0.655. The number of benzene rings is 1. The van der Waals surface area contributed by atoms with E-state index in [0.717, 1.165) is 12.4 Å². The molecule has 0 saturated heterocycles. The van der Waals surface area contributed by atoms with Crippen LogP contribution in [0.5, 0.6) is 0 Å². The van der Waals surface area contributed by atoms with E-state index in [1.54, 1.807) is 6.92 Å². The molecule has 82 valence electrons. The number of aromatic nitrogens is 2. The van der Waals surface area contributed by atoms with Gasteiger partial charge in [-0.3, -0.25) is 10.1 Å². The van der Waals surface area contributed by atoms with Gasteiger partial charge in [0.15, 0.2) is 11.4 Å². The quantitative estimate of drug-likeness (QED) is 0.562. The predicted octanol–water partition coefficient (Wildman–Crippen LogP) is 1.29. The van der Waals surface area contributed by atoms with Crippen molar-refractivity contribution in [3.8, 4) is 0 Å². The Morgan fingerprint density at radius 1 is 1.31 bits per heavy atom. The van der Waals surface area contributed by atoms with E-state index in [1.165, 1.54) is 6.07 Å². The predicted molar refractivity (Wildman–Crippen MR) is 53.5 cm³/mol. The maximum absolute atomic E-state index is 10.7. The molecule has 0 bridgehead atoms. The number of imidazole rings is 1. The standard InChI is InChI=1S/C8H6N4O4/c1-5-2-6-8(3-7(5)11(13)14)10(4-9-6)12(15)16/h2-4H,1H3. The Balaban J connectivity index is 2.79. The fraction of sp³-hybridized carbons (Fsp3) is 0.125. The number of nitro benzene ring substituents is 1. The fourth-order valence-corrected chi connectivity index (χ4v) is 1.46. The molecule has 8 nitrogen and oxygen atoms in total. The van der Waals surface area contributed by atoms with Gasteiger partial charge in [0.05, 0.1) is 10.4 Å². The van der Waals surface area contributed by atoms with Crippen LogP contribution in [0.25, 0.3) is 11.0 Å². The number of nitro groups is 2. The minimum atomic E-state index is -0.686. The zero-order chi connectivity index (χ0) is 11.9. The van der Waals surface area contributed by atoms with Gasteiger partial charge in [0.25, 0.3) is 5.69 Å². The van der Waals surface area contributed by atoms with Crippen molar-refractivity contribution < 1.29 is 9.96 Å². The first-order chi connectivity index (χ1) is 7.50. The summed E-state index contributed by atoms with van der Waals surface area (Å²) in [6.07, 6.45) is 1.02. The molecule has 0 radical (unpaired) electrons. The fourth-order valence-electron chi connectivity index (χ4n) is 1.46. The largest absolute Gasteiger partial charge is 0.274 e. The highest BCUT2D eigenvalue weighted by Gasteiger charge is 2.18. The first-order valence-electron chi connectivity index (χ1n) is 4.27. The summed E-state index contributed by atoms with van der Waals surface area (Å²) in [4.78, 5) is 24.5. The van der Waals surface area contributed by atoms with Crippen molar-refractivity contribution in [1.82, 2.24) is 9.66 Å². The highest BCUT2D eigenvalue weighted by molar-refractivity contribution is 5.79. The van der Waals surface area contributed by atoms with E-state index < -0.39 is 9.96 Å². The van der Waals surface area contributed by atoms with Crippen LogP contribution in [0.15, 0.2) is 18.5 Å². The summed E-state index contributed by atoms with van der Waals surface area (Å²) in [5.74, 6) is 0. The lowest BCUT2D eigenvalue weighted by Crippen LogP contribution is -2.06. The number of hydrogen-bond donors (Lipinski definition) is 0. The van der Waals surface area contributed by atoms with E-state index in [9.17, 15) is 20.2 Å². The van der Waals surface area contributed by atoms with Crippen molar-refractivity contribution in [2.45, 2.75) is 6.92 Å². The number of fused-ring (bicyclic) bond motifs is 1. The van der Waals surface area contributed by atoms with Crippen LogP contribution in [0, 0.1) is 27.2 Å². The molecule has 0 amide bonds. The lowest BCUT2D eigenvalue weighted by molar-refractivity contribution is -0.538. The maximum Gasteiger partial charge on any atom is 0.274 e. The van der Waals surface area contributed by atoms with E-state index in [4.69, 9.17) is 0 Å². The van der Waals surface area contributed by atoms with Crippen molar-refractivity contribution in [1.29, 1.82) is 0 Å². The van der Waals surface area contributed by atoms with Gasteiger partial charge in [0.2, 0.25) is 0 Å². The zero-order valence-corrected chi connectivity index (χ0v) is 8.15. The van der Waals surface area contributed by atoms with Crippen LogP contribution in [0.1, 0.15) is 5.56 Å². The first kappa shape index (κ1) is 10.0. The van der Waals surface area contributed by atoms with E-state index in [1.807, 2.05) is 0 Å². The summed E-state index contributed by atoms with van der Waals surface area (Å²) in [6, 6.07) is 2.61. The molecule has 0 aliphatic carbocycles. The van der Waals surface area contributed by atoms with Crippen molar-refractivity contribution in [3.05, 3.63) is 44.3 Å². The van der Waals surface area contributed by atoms with Gasteiger partial charge >= 0.3 is 0 Å². The molecule has 1 aromatic heterocycles. The molecular formula is C8H6N4O4. The minimum Gasteiger partial charge on any atom is -0.258 e. The van der Waals surface area contributed by atoms with Gasteiger partial charge in [-0.15, -0.1) is 0 Å². The molecule has 8 heteroatoms. The molecule has 1 heterocycles. The Labute approximate surface area is 88.4 Å². The third-order valence-corrected chi connectivity index (χ3v) is 2.22. The van der Waals surface area contributed by atoms with Crippen LogP contribution in [-0.2, 0) is 0 Å². The molecule has 0 aliphatic heterocycles. The average Bonchev–Trinajstić information content (AvgIpc) is 2.58. The number of aryl methyl sites for hydroxylation is 1. The van der Waals surface area contributed by atoms with Crippen LogP contribution in [0.2, 0.25) is 0 Å². The van der Waals surface area contributed by atoms with Gasteiger partial charge in [0.1, 0.15) is 5.52 Å². The van der Waals surface area contributed by atoms with E-state index >= 15 is 0 Å². The Morgan fingerprint density at radius 3 is 2.56 bits per heavy atom. The van der Waals surface area contributed by atoms with Gasteiger partial charge in [-0.25, -0.2) is 15.1 Å². The van der Waals surface area contributed by atoms with Crippen LogP contribution in [0.3, 0.4) is 0 Å². The molecule has 2 aromatic rings. The minimum absolute atomic E-state index is 0.113. The summed E-state index contributed by atoms with van der Waals surface area (Å²) in [5.41, 5.74) is 0.740. The van der Waals surface area contributed by atoms with Gasteiger partial charge in [-0.1, -0.05) is 0 Å². The zero-order valence-electron chi connectivity index (χ0n) is 8.15. The van der Waals surface area contributed by atoms with Crippen molar-refractivity contribution in [3.63, 3.8) is 0 Å². The van der Waals surface area contributed by atoms with Gasteiger partial charge < -0.3 is 0 Å². The van der Waals surface area contributed by atoms with Crippen molar-refractivity contribution >= 4 is 16.7 Å². The number of hydrogen-bond acceptors (Lipinski definition) is 5. The molecule has 16 heavy (non-hydrogen) atoms. The lowest BCUT2D eigenvalue weighted by atomic mass is 10.2. The molecule has 0 aliphatic rings. The maximum atomic E-state index is 10.7. The van der Waals surface area contributed by atoms with Crippen LogP contribution in [0.4, 0.5) is 5.69 Å². The van der Waals surface area contributed by atoms with Crippen LogP contribution < -0.4 is 0 Å². The molecule has 0 unspecified atom stereocenters. The Kier molecular flexibility index (Phi) is 2.04. The topological polar surface area (TPSA) is 104 Å². The normalized spacial score (nSPS) is 10.6. The second kappa shape index (κ2) is 3.26. The third kappa shape index (κ3) is 1.36. The molecule has 1 aromatic carbocycles. The first-order valence-corrected chi connectivity index (χ1v) is 4.27. The van der Waals surface area contributed by atoms with Gasteiger partial charge in [0, 0.05) is 11.6 Å². The Bertz CT molecular complexity index is 603. The Morgan fingerprint density at radius 2 is 2.00 bits per heavy atom. The highest BCUT2D eigenvalue weighted by Crippen LogP contribution is 2.24. The van der Waals surface area contributed by atoms with Gasteiger partial charge in [-0.2, -0.15) is 0 Å². The summed E-state index contributed by atoms with van der Waals surface area (Å²) in [5, 5.41) is 20.6. The molecule has 0 saturated carbocycles. The summed E-state index contributed by atoms with van der Waals surface area (Å²) in [6.45, 7) is 1.56. The SMILES string of the molecule is Cc1cc2ncn([N+](=O)[O-])c2cc1[N+](=O)[O-]. The molecular weight excluding hydrogens is 216 g/mol. The summed E-state index contributed by atoms with van der Waals surface area (Å²) in [7, 11) is 0. The monoisotopic (exact) mass is 222 g/mol. The highest BCUT2D eigenvalue weighted by atomic mass is 16.7. The second-order valence-electron chi connectivity index (χ2n) is 3.21. The molecule has 0 N–H and O–H groups in total. The average molecular weight is 222 g/mol. The smallest absolute Gasteiger partial charge is 0.258 e. The van der Waals surface area contributed by atoms with Crippen LogP contribution in [-0.4, -0.2) is 19.6 Å². The van der Waals surface area contributed by atoms with E-state index in [2.05, 4.69) is 4.98 Å². The molecule has 0 spiro atoms. The van der Waals surface area contributed by atoms with Crippen LogP contribution >= 0.6 is 0 Å². The molecule has 2 rings (SSSR count). The number of nitrogens with zero attached hydrogens (tertiary/aromatic N) is 4. The van der Waals surface area contributed by atoms with Crippen molar-refractivity contribution in [2.24, 2.45) is 0 Å². The van der Waals surface area contributed by atoms with Crippen molar-refractivity contribution in [2.75, 3.05) is 0 Å². The van der Waals surface area contributed by atoms with Gasteiger partial charge in [-0.05, 0) is 17.7 Å². The third-order valence-electron chi connectivity index (χ3n) is 2.22.